The number of rotatable bonds is 4. The number of nitrogens with two attached hydrogens (primary N) is 1. The van der Waals surface area contributed by atoms with Gasteiger partial charge in [-0.3, -0.25) is 0 Å². The van der Waals surface area contributed by atoms with Crippen LogP contribution in [0.1, 0.15) is 38.3 Å². The van der Waals surface area contributed by atoms with Crippen molar-refractivity contribution in [3.8, 4) is 5.75 Å². The Hall–Kier alpha value is -1.09. The highest BCUT2D eigenvalue weighted by atomic mass is 19.1. The summed E-state index contributed by atoms with van der Waals surface area (Å²) in [7, 11) is 0. The van der Waals surface area contributed by atoms with E-state index in [1.165, 1.54) is 18.2 Å². The fourth-order valence-electron chi connectivity index (χ4n) is 1.49. The molecular formula is C12H18FNO. The number of phenols is 1. The van der Waals surface area contributed by atoms with Crippen molar-refractivity contribution in [3.05, 3.63) is 29.6 Å². The van der Waals surface area contributed by atoms with Crippen LogP contribution in [0, 0.1) is 11.7 Å². The first-order valence-electron chi connectivity index (χ1n) is 5.24. The molecule has 0 bridgehead atoms. The van der Waals surface area contributed by atoms with Crippen LogP contribution in [0.4, 0.5) is 4.39 Å². The summed E-state index contributed by atoms with van der Waals surface area (Å²) in [5.41, 5.74) is 6.38. The van der Waals surface area contributed by atoms with Crippen LogP contribution < -0.4 is 5.73 Å². The van der Waals surface area contributed by atoms with Gasteiger partial charge in [0, 0.05) is 11.6 Å². The SMILES string of the molecule is CC(C)CC[C@@H](N)c1cc(F)ccc1O. The molecule has 0 heterocycles. The van der Waals surface area contributed by atoms with Gasteiger partial charge in [-0.1, -0.05) is 13.8 Å². The number of phenolic OH excluding ortho intramolecular Hbond substituents is 1. The summed E-state index contributed by atoms with van der Waals surface area (Å²) in [6, 6.07) is 3.59. The van der Waals surface area contributed by atoms with E-state index in [4.69, 9.17) is 5.73 Å². The van der Waals surface area contributed by atoms with Crippen molar-refractivity contribution in [1.29, 1.82) is 0 Å². The monoisotopic (exact) mass is 211 g/mol. The molecule has 0 unspecified atom stereocenters. The lowest BCUT2D eigenvalue weighted by Gasteiger charge is -2.14. The van der Waals surface area contributed by atoms with Crippen LogP contribution >= 0.6 is 0 Å². The molecule has 3 heteroatoms. The van der Waals surface area contributed by atoms with E-state index in [2.05, 4.69) is 13.8 Å². The highest BCUT2D eigenvalue weighted by Crippen LogP contribution is 2.27. The normalized spacial score (nSPS) is 13.1. The molecule has 0 aliphatic carbocycles. The van der Waals surface area contributed by atoms with Crippen molar-refractivity contribution < 1.29 is 9.50 Å². The minimum atomic E-state index is -0.359. The van der Waals surface area contributed by atoms with E-state index in [0.717, 1.165) is 12.8 Å². The van der Waals surface area contributed by atoms with Crippen molar-refractivity contribution in [2.24, 2.45) is 11.7 Å². The molecule has 1 rings (SSSR count). The zero-order chi connectivity index (χ0) is 11.4. The molecule has 0 aliphatic heterocycles. The van der Waals surface area contributed by atoms with Crippen molar-refractivity contribution in [2.75, 3.05) is 0 Å². The van der Waals surface area contributed by atoms with Gasteiger partial charge in [0.25, 0.3) is 0 Å². The quantitative estimate of drug-likeness (QED) is 0.804. The van der Waals surface area contributed by atoms with Crippen LogP contribution in [-0.4, -0.2) is 5.11 Å². The first kappa shape index (κ1) is 12.0. The molecule has 15 heavy (non-hydrogen) atoms. The number of aromatic hydroxyl groups is 1. The molecule has 0 spiro atoms. The fourth-order valence-corrected chi connectivity index (χ4v) is 1.49. The Morgan fingerprint density at radius 1 is 1.33 bits per heavy atom. The van der Waals surface area contributed by atoms with Gasteiger partial charge in [0.1, 0.15) is 11.6 Å². The Labute approximate surface area is 89.9 Å². The summed E-state index contributed by atoms with van der Waals surface area (Å²) in [6.45, 7) is 4.22. The topological polar surface area (TPSA) is 46.2 Å². The lowest BCUT2D eigenvalue weighted by molar-refractivity contribution is 0.445. The Morgan fingerprint density at radius 2 is 2.00 bits per heavy atom. The Bertz CT molecular complexity index is 325. The fraction of sp³-hybridized carbons (Fsp3) is 0.500. The minimum absolute atomic E-state index is 0.0765. The molecule has 0 fully saturated rings. The lowest BCUT2D eigenvalue weighted by atomic mass is 9.98. The predicted octanol–water partition coefficient (Wildman–Crippen LogP) is 2.97. The molecule has 1 aromatic carbocycles. The average Bonchev–Trinajstić information content (AvgIpc) is 2.18. The van der Waals surface area contributed by atoms with Gasteiger partial charge < -0.3 is 10.8 Å². The average molecular weight is 211 g/mol. The summed E-state index contributed by atoms with van der Waals surface area (Å²) in [6.07, 6.45) is 1.73. The molecule has 0 aromatic heterocycles. The van der Waals surface area contributed by atoms with E-state index in [0.29, 0.717) is 11.5 Å². The first-order chi connectivity index (χ1) is 7.00. The molecule has 84 valence electrons. The maximum Gasteiger partial charge on any atom is 0.123 e. The Morgan fingerprint density at radius 3 is 2.60 bits per heavy atom. The van der Waals surface area contributed by atoms with Gasteiger partial charge in [-0.15, -0.1) is 0 Å². The maximum atomic E-state index is 12.9. The van der Waals surface area contributed by atoms with Crippen LogP contribution in [0.5, 0.6) is 5.75 Å². The molecule has 0 saturated heterocycles. The van der Waals surface area contributed by atoms with E-state index in [-0.39, 0.29) is 17.6 Å². The number of halogens is 1. The molecule has 0 amide bonds. The van der Waals surface area contributed by atoms with Gasteiger partial charge in [0.2, 0.25) is 0 Å². The van der Waals surface area contributed by atoms with Gasteiger partial charge in [0.15, 0.2) is 0 Å². The molecule has 1 aromatic rings. The van der Waals surface area contributed by atoms with Gasteiger partial charge >= 0.3 is 0 Å². The van der Waals surface area contributed by atoms with E-state index >= 15 is 0 Å². The highest BCUT2D eigenvalue weighted by Gasteiger charge is 2.12. The zero-order valence-corrected chi connectivity index (χ0v) is 9.20. The zero-order valence-electron chi connectivity index (χ0n) is 9.20. The van der Waals surface area contributed by atoms with E-state index in [9.17, 15) is 9.50 Å². The summed E-state index contributed by atoms with van der Waals surface area (Å²) in [4.78, 5) is 0. The third-order valence-electron chi connectivity index (χ3n) is 2.44. The smallest absolute Gasteiger partial charge is 0.123 e. The largest absolute Gasteiger partial charge is 0.508 e. The molecule has 3 N–H and O–H groups in total. The first-order valence-corrected chi connectivity index (χ1v) is 5.24. The van der Waals surface area contributed by atoms with Crippen molar-refractivity contribution in [3.63, 3.8) is 0 Å². The third kappa shape index (κ3) is 3.51. The van der Waals surface area contributed by atoms with Crippen LogP contribution in [0.2, 0.25) is 0 Å². The lowest BCUT2D eigenvalue weighted by Crippen LogP contribution is -2.11. The van der Waals surface area contributed by atoms with Gasteiger partial charge in [0.05, 0.1) is 0 Å². The third-order valence-corrected chi connectivity index (χ3v) is 2.44. The summed E-state index contributed by atoms with van der Waals surface area (Å²) in [5.74, 6) is 0.280. The van der Waals surface area contributed by atoms with Crippen molar-refractivity contribution in [2.45, 2.75) is 32.7 Å². The van der Waals surface area contributed by atoms with Gasteiger partial charge in [-0.25, -0.2) is 4.39 Å². The van der Waals surface area contributed by atoms with Gasteiger partial charge in [-0.2, -0.15) is 0 Å². The summed E-state index contributed by atoms with van der Waals surface area (Å²) < 4.78 is 12.9. The molecule has 0 aliphatic rings. The molecule has 2 nitrogen and oxygen atoms in total. The van der Waals surface area contributed by atoms with E-state index < -0.39 is 0 Å². The van der Waals surface area contributed by atoms with Crippen molar-refractivity contribution >= 4 is 0 Å². The minimum Gasteiger partial charge on any atom is -0.508 e. The van der Waals surface area contributed by atoms with Crippen LogP contribution in [-0.2, 0) is 0 Å². The highest BCUT2D eigenvalue weighted by molar-refractivity contribution is 5.34. The molecular weight excluding hydrogens is 193 g/mol. The van der Waals surface area contributed by atoms with Crippen molar-refractivity contribution in [1.82, 2.24) is 0 Å². The second kappa shape index (κ2) is 5.12. The van der Waals surface area contributed by atoms with E-state index in [1.54, 1.807) is 0 Å². The number of hydrogen-bond acceptors (Lipinski definition) is 2. The number of hydrogen-bond donors (Lipinski definition) is 2. The molecule has 0 radical (unpaired) electrons. The van der Waals surface area contributed by atoms with Crippen LogP contribution in [0.3, 0.4) is 0 Å². The summed E-state index contributed by atoms with van der Waals surface area (Å²) in [5, 5.41) is 9.52. The second-order valence-electron chi connectivity index (χ2n) is 4.28. The summed E-state index contributed by atoms with van der Waals surface area (Å²) >= 11 is 0. The molecule has 0 saturated carbocycles. The van der Waals surface area contributed by atoms with E-state index in [1.807, 2.05) is 0 Å². The standard InChI is InChI=1S/C12H18FNO/c1-8(2)3-5-11(14)10-7-9(13)4-6-12(10)15/h4,6-8,11,15H,3,5,14H2,1-2H3/t11-/m1/s1. The maximum absolute atomic E-state index is 12.9. The number of benzene rings is 1. The second-order valence-corrected chi connectivity index (χ2v) is 4.28. The molecule has 1 atom stereocenters. The Balaban J connectivity index is 2.72. The van der Waals surface area contributed by atoms with Gasteiger partial charge in [-0.05, 0) is 37.0 Å². The van der Waals surface area contributed by atoms with Crippen LogP contribution in [0.15, 0.2) is 18.2 Å². The van der Waals surface area contributed by atoms with Crippen LogP contribution in [0.25, 0.3) is 0 Å². The predicted molar refractivity (Wildman–Crippen MR) is 59.1 cm³/mol. The Kier molecular flexibility index (Phi) is 4.09.